The van der Waals surface area contributed by atoms with Crippen molar-refractivity contribution in [2.75, 3.05) is 5.75 Å². The van der Waals surface area contributed by atoms with Crippen LogP contribution >= 0.6 is 11.8 Å². The molecule has 1 N–H and O–H groups in total. The lowest BCUT2D eigenvalue weighted by molar-refractivity contribution is 0.818. The topological polar surface area (TPSA) is 50.7 Å². The highest BCUT2D eigenvalue weighted by Gasteiger charge is 2.21. The Labute approximate surface area is 125 Å². The number of fused-ring (bicyclic) bond motifs is 3. The van der Waals surface area contributed by atoms with Gasteiger partial charge in [-0.05, 0) is 24.6 Å². The van der Waals surface area contributed by atoms with Crippen molar-refractivity contribution in [3.05, 3.63) is 64.6 Å². The molecular formula is C16H13N3OS. The van der Waals surface area contributed by atoms with Gasteiger partial charge in [0, 0.05) is 28.0 Å². The number of thioether (sulfide) groups is 1. The number of benzene rings is 1. The van der Waals surface area contributed by atoms with Gasteiger partial charge in [-0.1, -0.05) is 24.3 Å². The quantitative estimate of drug-likeness (QED) is 0.751. The van der Waals surface area contributed by atoms with Crippen LogP contribution in [0.15, 0.2) is 58.4 Å². The minimum Gasteiger partial charge on any atom is -0.289 e. The molecule has 0 saturated carbocycles. The zero-order valence-electron chi connectivity index (χ0n) is 11.2. The lowest BCUT2D eigenvalue weighted by Gasteiger charge is -2.05. The first-order valence-corrected chi connectivity index (χ1v) is 7.80. The van der Waals surface area contributed by atoms with Gasteiger partial charge in [-0.2, -0.15) is 0 Å². The SMILES string of the molecule is O=c1c2c([nH]n1-c1ccccn1)-c1ccccc1SCC2. The third kappa shape index (κ3) is 2.01. The highest BCUT2D eigenvalue weighted by molar-refractivity contribution is 7.99. The molecule has 0 spiro atoms. The van der Waals surface area contributed by atoms with Crippen molar-refractivity contribution in [1.82, 2.24) is 14.8 Å². The van der Waals surface area contributed by atoms with Crippen LogP contribution in [0, 0.1) is 0 Å². The Hall–Kier alpha value is -2.27. The van der Waals surface area contributed by atoms with Crippen LogP contribution in [-0.4, -0.2) is 20.5 Å². The number of H-pyrrole nitrogens is 1. The highest BCUT2D eigenvalue weighted by atomic mass is 32.2. The summed E-state index contributed by atoms with van der Waals surface area (Å²) in [6, 6.07) is 13.8. The number of hydrogen-bond donors (Lipinski definition) is 1. The predicted molar refractivity (Wildman–Crippen MR) is 84.0 cm³/mol. The second-order valence-corrected chi connectivity index (χ2v) is 6.03. The molecule has 0 saturated heterocycles. The predicted octanol–water partition coefficient (Wildman–Crippen LogP) is 2.88. The molecule has 0 bridgehead atoms. The van der Waals surface area contributed by atoms with Crippen LogP contribution in [0.1, 0.15) is 5.56 Å². The van der Waals surface area contributed by atoms with Crippen LogP contribution in [0.25, 0.3) is 17.1 Å². The molecule has 2 aromatic heterocycles. The van der Waals surface area contributed by atoms with Crippen LogP contribution in [0.5, 0.6) is 0 Å². The third-order valence-corrected chi connectivity index (χ3v) is 4.71. The van der Waals surface area contributed by atoms with Gasteiger partial charge >= 0.3 is 0 Å². The van der Waals surface area contributed by atoms with E-state index in [0.717, 1.165) is 29.0 Å². The first-order valence-electron chi connectivity index (χ1n) is 6.82. The van der Waals surface area contributed by atoms with E-state index in [1.54, 1.807) is 18.0 Å². The van der Waals surface area contributed by atoms with Crippen LogP contribution in [0.4, 0.5) is 0 Å². The van der Waals surface area contributed by atoms with Gasteiger partial charge < -0.3 is 0 Å². The van der Waals surface area contributed by atoms with E-state index >= 15 is 0 Å². The van der Waals surface area contributed by atoms with Gasteiger partial charge in [-0.25, -0.2) is 9.67 Å². The summed E-state index contributed by atoms with van der Waals surface area (Å²) in [6.07, 6.45) is 2.46. The normalized spacial score (nSPS) is 13.3. The molecule has 0 atom stereocenters. The highest BCUT2D eigenvalue weighted by Crippen LogP contribution is 2.35. The Morgan fingerprint density at radius 2 is 2.00 bits per heavy atom. The number of rotatable bonds is 1. The average Bonchev–Trinajstić information content (AvgIpc) is 2.75. The van der Waals surface area contributed by atoms with Crippen LogP contribution in [-0.2, 0) is 6.42 Å². The Balaban J connectivity index is 1.97. The molecule has 104 valence electrons. The summed E-state index contributed by atoms with van der Waals surface area (Å²) < 4.78 is 1.54. The zero-order valence-corrected chi connectivity index (χ0v) is 12.1. The van der Waals surface area contributed by atoms with Gasteiger partial charge in [0.25, 0.3) is 5.56 Å². The molecule has 4 rings (SSSR count). The van der Waals surface area contributed by atoms with Gasteiger partial charge in [0.15, 0.2) is 5.82 Å². The Morgan fingerprint density at radius 1 is 1.14 bits per heavy atom. The summed E-state index contributed by atoms with van der Waals surface area (Å²) in [5.41, 5.74) is 2.87. The molecule has 0 unspecified atom stereocenters. The molecule has 21 heavy (non-hydrogen) atoms. The molecule has 0 amide bonds. The third-order valence-electron chi connectivity index (χ3n) is 3.63. The first-order chi connectivity index (χ1) is 10.3. The van der Waals surface area contributed by atoms with E-state index in [1.807, 2.05) is 30.3 Å². The first kappa shape index (κ1) is 12.5. The van der Waals surface area contributed by atoms with Crippen molar-refractivity contribution in [2.24, 2.45) is 0 Å². The van der Waals surface area contributed by atoms with E-state index in [2.05, 4.69) is 22.2 Å². The number of nitrogens with zero attached hydrogens (tertiary/aromatic N) is 2. The number of nitrogens with one attached hydrogen (secondary N) is 1. The van der Waals surface area contributed by atoms with Gasteiger partial charge in [0.2, 0.25) is 0 Å². The maximum Gasteiger partial charge on any atom is 0.276 e. The van der Waals surface area contributed by atoms with Gasteiger partial charge in [-0.3, -0.25) is 9.89 Å². The van der Waals surface area contributed by atoms with Crippen molar-refractivity contribution in [2.45, 2.75) is 11.3 Å². The molecule has 3 aromatic rings. The smallest absolute Gasteiger partial charge is 0.276 e. The fourth-order valence-electron chi connectivity index (χ4n) is 2.64. The summed E-state index contributed by atoms with van der Waals surface area (Å²) in [5.74, 6) is 1.54. The standard InChI is InChI=1S/C16H13N3OS/c20-16-12-8-10-21-13-6-2-1-5-11(13)15(12)18-19(16)14-7-3-4-9-17-14/h1-7,9,18H,8,10H2. The fraction of sp³-hybridized carbons (Fsp3) is 0.125. The molecule has 1 aliphatic rings. The minimum atomic E-state index is 0.000929. The number of aromatic amines is 1. The lowest BCUT2D eigenvalue weighted by atomic mass is 10.1. The zero-order chi connectivity index (χ0) is 14.2. The van der Waals surface area contributed by atoms with Gasteiger partial charge in [0.05, 0.1) is 5.69 Å². The van der Waals surface area contributed by atoms with Crippen molar-refractivity contribution in [3.8, 4) is 17.1 Å². The molecule has 0 fully saturated rings. The average molecular weight is 295 g/mol. The van der Waals surface area contributed by atoms with Crippen molar-refractivity contribution in [3.63, 3.8) is 0 Å². The molecule has 4 nitrogen and oxygen atoms in total. The second kappa shape index (κ2) is 4.93. The van der Waals surface area contributed by atoms with Crippen molar-refractivity contribution < 1.29 is 0 Å². The monoisotopic (exact) mass is 295 g/mol. The Morgan fingerprint density at radius 3 is 2.86 bits per heavy atom. The van der Waals surface area contributed by atoms with Crippen LogP contribution in [0.3, 0.4) is 0 Å². The minimum absolute atomic E-state index is 0.000929. The van der Waals surface area contributed by atoms with E-state index < -0.39 is 0 Å². The van der Waals surface area contributed by atoms with E-state index in [0.29, 0.717) is 5.82 Å². The maximum absolute atomic E-state index is 12.7. The molecule has 1 aromatic carbocycles. The molecule has 1 aliphatic heterocycles. The second-order valence-electron chi connectivity index (χ2n) is 4.89. The molecule has 5 heteroatoms. The molecule has 0 radical (unpaired) electrons. The maximum atomic E-state index is 12.7. The Bertz CT molecular complexity index is 851. The van der Waals surface area contributed by atoms with E-state index in [-0.39, 0.29) is 5.56 Å². The van der Waals surface area contributed by atoms with E-state index in [4.69, 9.17) is 0 Å². The van der Waals surface area contributed by atoms with Crippen LogP contribution in [0.2, 0.25) is 0 Å². The molecule has 3 heterocycles. The van der Waals surface area contributed by atoms with E-state index in [9.17, 15) is 4.79 Å². The molecular weight excluding hydrogens is 282 g/mol. The summed E-state index contributed by atoms with van der Waals surface area (Å²) in [6.45, 7) is 0. The number of aromatic nitrogens is 3. The lowest BCUT2D eigenvalue weighted by Crippen LogP contribution is -2.18. The van der Waals surface area contributed by atoms with Gasteiger partial charge in [-0.15, -0.1) is 11.8 Å². The van der Waals surface area contributed by atoms with Crippen LogP contribution < -0.4 is 5.56 Å². The number of hydrogen-bond acceptors (Lipinski definition) is 3. The largest absolute Gasteiger partial charge is 0.289 e. The fourth-order valence-corrected chi connectivity index (χ4v) is 3.66. The summed E-state index contributed by atoms with van der Waals surface area (Å²) >= 11 is 1.80. The van der Waals surface area contributed by atoms with Crippen molar-refractivity contribution >= 4 is 11.8 Å². The Kier molecular flexibility index (Phi) is 2.93. The molecule has 0 aliphatic carbocycles. The number of pyridine rings is 1. The van der Waals surface area contributed by atoms with Gasteiger partial charge in [0.1, 0.15) is 0 Å². The van der Waals surface area contributed by atoms with E-state index in [1.165, 1.54) is 9.58 Å². The van der Waals surface area contributed by atoms with Crippen molar-refractivity contribution in [1.29, 1.82) is 0 Å². The summed E-state index contributed by atoms with van der Waals surface area (Å²) in [5, 5.41) is 3.24. The summed E-state index contributed by atoms with van der Waals surface area (Å²) in [4.78, 5) is 18.1. The summed E-state index contributed by atoms with van der Waals surface area (Å²) in [7, 11) is 0.